The predicted molar refractivity (Wildman–Crippen MR) is 99.7 cm³/mol. The number of carbonyl (C=O) groups excluding carboxylic acids is 1. The number of nitrogens with one attached hydrogen (secondary N) is 2. The highest BCUT2D eigenvalue weighted by molar-refractivity contribution is 5.74. The van der Waals surface area contributed by atoms with Gasteiger partial charge in [0.05, 0.1) is 27.9 Å². The lowest BCUT2D eigenvalue weighted by Crippen LogP contribution is -2.35. The number of carbonyl (C=O) groups is 1. The largest absolute Gasteiger partial charge is 0.497 e. The molecule has 2 aromatic carbocycles. The van der Waals surface area contributed by atoms with Crippen molar-refractivity contribution in [3.05, 3.63) is 53.6 Å². The molecule has 0 heterocycles. The Balaban J connectivity index is 1.78. The van der Waals surface area contributed by atoms with E-state index in [1.165, 1.54) is 0 Å². The predicted octanol–water partition coefficient (Wildman–Crippen LogP) is 2.56. The molecule has 0 bridgehead atoms. The summed E-state index contributed by atoms with van der Waals surface area (Å²) in [5, 5.41) is 5.46. The number of amides is 2. The highest BCUT2D eigenvalue weighted by Crippen LogP contribution is 2.27. The number of methoxy groups -OCH3 is 3. The van der Waals surface area contributed by atoms with Crippen LogP contribution in [0.5, 0.6) is 17.2 Å². The highest BCUT2D eigenvalue weighted by Gasteiger charge is 2.05. The molecular formula is C20H22N2O4. The fourth-order valence-electron chi connectivity index (χ4n) is 2.18. The molecular weight excluding hydrogens is 332 g/mol. The van der Waals surface area contributed by atoms with Crippen LogP contribution >= 0.6 is 0 Å². The molecule has 0 aliphatic heterocycles. The third-order valence-corrected chi connectivity index (χ3v) is 3.56. The Kier molecular flexibility index (Phi) is 7.19. The van der Waals surface area contributed by atoms with Crippen molar-refractivity contribution in [2.45, 2.75) is 6.54 Å². The average molecular weight is 354 g/mol. The van der Waals surface area contributed by atoms with Crippen molar-refractivity contribution in [2.24, 2.45) is 0 Å². The molecule has 2 N–H and O–H groups in total. The minimum absolute atomic E-state index is 0.254. The van der Waals surface area contributed by atoms with E-state index < -0.39 is 0 Å². The first-order valence-electron chi connectivity index (χ1n) is 8.01. The standard InChI is InChI=1S/C20H22N2O4/c1-24-17-9-6-15(7-10-17)5-4-12-21-20(23)22-14-16-8-11-18(25-2)19(13-16)26-3/h6-11,13H,12,14H2,1-3H3,(H2,21,22,23). The summed E-state index contributed by atoms with van der Waals surface area (Å²) < 4.78 is 15.5. The Labute approximate surface area is 153 Å². The molecule has 0 aliphatic rings. The maximum absolute atomic E-state index is 11.8. The Morgan fingerprint density at radius 1 is 0.923 bits per heavy atom. The molecule has 0 spiro atoms. The van der Waals surface area contributed by atoms with Gasteiger partial charge in [-0.1, -0.05) is 17.9 Å². The summed E-state index contributed by atoms with van der Waals surface area (Å²) in [7, 11) is 4.77. The van der Waals surface area contributed by atoms with Crippen LogP contribution in [0.3, 0.4) is 0 Å². The van der Waals surface area contributed by atoms with Crippen LogP contribution in [-0.4, -0.2) is 33.9 Å². The highest BCUT2D eigenvalue weighted by atomic mass is 16.5. The first-order chi connectivity index (χ1) is 12.7. The van der Waals surface area contributed by atoms with E-state index in [1.807, 2.05) is 36.4 Å². The van der Waals surface area contributed by atoms with Crippen LogP contribution in [0.4, 0.5) is 4.79 Å². The zero-order valence-corrected chi connectivity index (χ0v) is 15.1. The molecule has 0 saturated carbocycles. The third kappa shape index (κ3) is 5.64. The average Bonchev–Trinajstić information content (AvgIpc) is 2.69. The molecule has 2 amide bonds. The van der Waals surface area contributed by atoms with Crippen molar-refractivity contribution in [1.82, 2.24) is 10.6 Å². The van der Waals surface area contributed by atoms with Crippen LogP contribution in [0.1, 0.15) is 11.1 Å². The van der Waals surface area contributed by atoms with Crippen LogP contribution in [0.15, 0.2) is 42.5 Å². The van der Waals surface area contributed by atoms with E-state index in [1.54, 1.807) is 27.4 Å². The quantitative estimate of drug-likeness (QED) is 0.783. The van der Waals surface area contributed by atoms with Gasteiger partial charge in [0.25, 0.3) is 0 Å². The molecule has 0 unspecified atom stereocenters. The summed E-state index contributed by atoms with van der Waals surface area (Å²) in [6.45, 7) is 0.627. The van der Waals surface area contributed by atoms with Gasteiger partial charge in [-0.05, 0) is 42.0 Å². The van der Waals surface area contributed by atoms with Gasteiger partial charge >= 0.3 is 6.03 Å². The monoisotopic (exact) mass is 354 g/mol. The minimum Gasteiger partial charge on any atom is -0.497 e. The molecule has 0 aromatic heterocycles. The van der Waals surface area contributed by atoms with Gasteiger partial charge in [0.15, 0.2) is 11.5 Å². The van der Waals surface area contributed by atoms with Crippen molar-refractivity contribution in [1.29, 1.82) is 0 Å². The Morgan fingerprint density at radius 3 is 2.31 bits per heavy atom. The smallest absolute Gasteiger partial charge is 0.315 e. The topological polar surface area (TPSA) is 68.8 Å². The number of hydrogen-bond acceptors (Lipinski definition) is 4. The summed E-state index contributed by atoms with van der Waals surface area (Å²) in [5.74, 6) is 7.93. The number of hydrogen-bond donors (Lipinski definition) is 2. The number of ether oxygens (including phenoxy) is 3. The van der Waals surface area contributed by atoms with Crippen molar-refractivity contribution in [3.63, 3.8) is 0 Å². The molecule has 6 nitrogen and oxygen atoms in total. The Hall–Kier alpha value is -3.33. The molecule has 0 radical (unpaired) electrons. The van der Waals surface area contributed by atoms with Crippen LogP contribution in [0, 0.1) is 11.8 Å². The normalized spacial score (nSPS) is 9.50. The fraction of sp³-hybridized carbons (Fsp3) is 0.250. The van der Waals surface area contributed by atoms with Gasteiger partial charge in [0.1, 0.15) is 5.75 Å². The van der Waals surface area contributed by atoms with Gasteiger partial charge in [-0.2, -0.15) is 0 Å². The number of urea groups is 1. The molecule has 2 rings (SSSR count). The molecule has 136 valence electrons. The van der Waals surface area contributed by atoms with Gasteiger partial charge in [0.2, 0.25) is 0 Å². The molecule has 0 fully saturated rings. The second-order valence-electron chi connectivity index (χ2n) is 5.26. The molecule has 0 atom stereocenters. The summed E-state index contributed by atoms with van der Waals surface area (Å²) in [6.07, 6.45) is 0. The first kappa shape index (κ1) is 19.0. The summed E-state index contributed by atoms with van der Waals surface area (Å²) in [4.78, 5) is 11.8. The Bertz CT molecular complexity index is 792. The fourth-order valence-corrected chi connectivity index (χ4v) is 2.18. The van der Waals surface area contributed by atoms with Gasteiger partial charge < -0.3 is 24.8 Å². The van der Waals surface area contributed by atoms with E-state index in [-0.39, 0.29) is 12.6 Å². The lowest BCUT2D eigenvalue weighted by atomic mass is 10.2. The molecule has 0 aliphatic carbocycles. The maximum atomic E-state index is 11.8. The van der Waals surface area contributed by atoms with E-state index in [0.717, 1.165) is 16.9 Å². The summed E-state index contributed by atoms with van der Waals surface area (Å²) >= 11 is 0. The Morgan fingerprint density at radius 2 is 1.65 bits per heavy atom. The lowest BCUT2D eigenvalue weighted by molar-refractivity contribution is 0.241. The van der Waals surface area contributed by atoms with Gasteiger partial charge in [0, 0.05) is 12.1 Å². The van der Waals surface area contributed by atoms with E-state index in [4.69, 9.17) is 14.2 Å². The zero-order chi connectivity index (χ0) is 18.8. The van der Waals surface area contributed by atoms with Crippen molar-refractivity contribution in [3.8, 4) is 29.1 Å². The SMILES string of the molecule is COc1ccc(C#CCNC(=O)NCc2ccc(OC)c(OC)c2)cc1. The van der Waals surface area contributed by atoms with Crippen LogP contribution in [0.2, 0.25) is 0 Å². The van der Waals surface area contributed by atoms with Gasteiger partial charge in [-0.25, -0.2) is 4.79 Å². The van der Waals surface area contributed by atoms with E-state index >= 15 is 0 Å². The maximum Gasteiger partial charge on any atom is 0.315 e. The van der Waals surface area contributed by atoms with Crippen molar-refractivity contribution >= 4 is 6.03 Å². The van der Waals surface area contributed by atoms with Crippen LogP contribution in [0.25, 0.3) is 0 Å². The van der Waals surface area contributed by atoms with Crippen molar-refractivity contribution < 1.29 is 19.0 Å². The molecule has 0 saturated heterocycles. The first-order valence-corrected chi connectivity index (χ1v) is 8.01. The van der Waals surface area contributed by atoms with E-state index in [0.29, 0.717) is 18.0 Å². The molecule has 6 heteroatoms. The van der Waals surface area contributed by atoms with Crippen molar-refractivity contribution in [2.75, 3.05) is 27.9 Å². The summed E-state index contributed by atoms with van der Waals surface area (Å²) in [5.41, 5.74) is 1.76. The van der Waals surface area contributed by atoms with Crippen LogP contribution in [-0.2, 0) is 6.54 Å². The minimum atomic E-state index is -0.288. The third-order valence-electron chi connectivity index (χ3n) is 3.56. The number of benzene rings is 2. The second kappa shape index (κ2) is 9.84. The molecule has 2 aromatic rings. The van der Waals surface area contributed by atoms with Gasteiger partial charge in [-0.15, -0.1) is 0 Å². The lowest BCUT2D eigenvalue weighted by Gasteiger charge is -2.10. The summed E-state index contributed by atoms with van der Waals surface area (Å²) in [6, 6.07) is 12.6. The van der Waals surface area contributed by atoms with Gasteiger partial charge in [-0.3, -0.25) is 0 Å². The van der Waals surface area contributed by atoms with E-state index in [9.17, 15) is 4.79 Å². The zero-order valence-electron chi connectivity index (χ0n) is 15.1. The molecule has 26 heavy (non-hydrogen) atoms. The van der Waals surface area contributed by atoms with E-state index in [2.05, 4.69) is 22.5 Å². The number of rotatable bonds is 6. The van der Waals surface area contributed by atoms with Crippen LogP contribution < -0.4 is 24.8 Å². The second-order valence-corrected chi connectivity index (χ2v) is 5.26.